The van der Waals surface area contributed by atoms with E-state index in [2.05, 4.69) is 20.5 Å². The summed E-state index contributed by atoms with van der Waals surface area (Å²) in [5.74, 6) is -0.0160. The molecule has 27 heavy (non-hydrogen) atoms. The topological polar surface area (TPSA) is 68.6 Å². The summed E-state index contributed by atoms with van der Waals surface area (Å²) in [6.45, 7) is 1.87. The lowest BCUT2D eigenvalue weighted by Gasteiger charge is -2.10. The van der Waals surface area contributed by atoms with Gasteiger partial charge in [-0.25, -0.2) is 9.97 Å². The fourth-order valence-corrected chi connectivity index (χ4v) is 2.61. The highest BCUT2D eigenvalue weighted by Gasteiger charge is 2.35. The van der Waals surface area contributed by atoms with Crippen molar-refractivity contribution in [1.29, 1.82) is 0 Å². The molecule has 0 amide bonds. The Morgan fingerprint density at radius 3 is 2.67 bits per heavy atom. The van der Waals surface area contributed by atoms with E-state index < -0.39 is 12.0 Å². The van der Waals surface area contributed by atoms with Crippen LogP contribution in [-0.4, -0.2) is 22.5 Å². The van der Waals surface area contributed by atoms with E-state index in [0.29, 0.717) is 22.6 Å². The lowest BCUT2D eigenvalue weighted by atomic mass is 10.1. The summed E-state index contributed by atoms with van der Waals surface area (Å²) in [5, 5.41) is 4.61. The van der Waals surface area contributed by atoms with Gasteiger partial charge in [-0.1, -0.05) is 12.1 Å². The summed E-state index contributed by atoms with van der Waals surface area (Å²) in [6, 6.07) is 11.7. The van der Waals surface area contributed by atoms with Crippen molar-refractivity contribution in [2.24, 2.45) is 5.10 Å². The van der Waals surface area contributed by atoms with Crippen molar-refractivity contribution >= 4 is 22.4 Å². The van der Waals surface area contributed by atoms with Crippen LogP contribution in [0.15, 0.2) is 47.6 Å². The Hall–Kier alpha value is -3.36. The third kappa shape index (κ3) is 3.35. The smallest absolute Gasteiger partial charge is 0.451 e. The lowest BCUT2D eigenvalue weighted by Crippen LogP contribution is -2.13. The Kier molecular flexibility index (Phi) is 4.06. The van der Waals surface area contributed by atoms with Crippen LogP contribution in [0.2, 0.25) is 0 Å². The van der Waals surface area contributed by atoms with Gasteiger partial charge in [0, 0.05) is 10.9 Å². The SMILES string of the molecule is C/C(=N/Nc1nc(C(F)(F)F)nc2ccccc12)c1ccc2c(c1)OCO2. The highest BCUT2D eigenvalue weighted by molar-refractivity contribution is 6.00. The molecule has 2 heterocycles. The van der Waals surface area contributed by atoms with Crippen LogP contribution in [0.1, 0.15) is 18.3 Å². The van der Waals surface area contributed by atoms with Crippen LogP contribution < -0.4 is 14.9 Å². The van der Waals surface area contributed by atoms with Crippen molar-refractivity contribution in [3.8, 4) is 11.5 Å². The molecule has 1 aromatic heterocycles. The number of nitrogens with one attached hydrogen (secondary N) is 1. The molecule has 138 valence electrons. The number of halogens is 3. The average molecular weight is 374 g/mol. The number of anilines is 1. The van der Waals surface area contributed by atoms with Crippen LogP contribution in [-0.2, 0) is 6.18 Å². The molecule has 0 aliphatic carbocycles. The van der Waals surface area contributed by atoms with E-state index in [-0.39, 0.29) is 18.1 Å². The molecule has 0 saturated carbocycles. The zero-order valence-electron chi connectivity index (χ0n) is 14.0. The molecule has 6 nitrogen and oxygen atoms in total. The number of hydrogen-bond acceptors (Lipinski definition) is 6. The standard InChI is InChI=1S/C18H13F3N4O2/c1-10(11-6-7-14-15(8-11)27-9-26-14)24-25-16-12-4-2-3-5-13(12)22-17(23-16)18(19,20)21/h2-8H,9H2,1H3,(H,22,23,25)/b24-10-. The molecule has 0 radical (unpaired) electrons. The highest BCUT2D eigenvalue weighted by atomic mass is 19.4. The summed E-state index contributed by atoms with van der Waals surface area (Å²) in [7, 11) is 0. The van der Waals surface area contributed by atoms with Gasteiger partial charge in [-0.2, -0.15) is 18.3 Å². The normalized spacial score (nSPS) is 13.9. The van der Waals surface area contributed by atoms with Crippen LogP contribution in [0.3, 0.4) is 0 Å². The van der Waals surface area contributed by atoms with Gasteiger partial charge < -0.3 is 9.47 Å². The Bertz CT molecular complexity index is 1050. The van der Waals surface area contributed by atoms with Crippen molar-refractivity contribution in [2.75, 3.05) is 12.2 Å². The number of aromatic nitrogens is 2. The van der Waals surface area contributed by atoms with Gasteiger partial charge in [-0.3, -0.25) is 5.43 Å². The van der Waals surface area contributed by atoms with E-state index in [1.54, 1.807) is 43.3 Å². The second-order valence-electron chi connectivity index (χ2n) is 5.79. The predicted octanol–water partition coefficient (Wildman–Crippen LogP) is 4.21. The molecule has 1 aliphatic heterocycles. The van der Waals surface area contributed by atoms with Crippen molar-refractivity contribution in [2.45, 2.75) is 13.1 Å². The van der Waals surface area contributed by atoms with Crippen LogP contribution in [0, 0.1) is 0 Å². The molecule has 0 bridgehead atoms. The van der Waals surface area contributed by atoms with Gasteiger partial charge in [0.15, 0.2) is 17.3 Å². The van der Waals surface area contributed by atoms with Crippen LogP contribution in [0.25, 0.3) is 10.9 Å². The molecular formula is C18H13F3N4O2. The van der Waals surface area contributed by atoms with Crippen molar-refractivity contribution < 1.29 is 22.6 Å². The Morgan fingerprint density at radius 1 is 1.07 bits per heavy atom. The summed E-state index contributed by atoms with van der Waals surface area (Å²) < 4.78 is 49.8. The molecule has 4 rings (SSSR count). The van der Waals surface area contributed by atoms with Gasteiger partial charge in [0.25, 0.3) is 0 Å². The second-order valence-corrected chi connectivity index (χ2v) is 5.79. The van der Waals surface area contributed by atoms with Crippen molar-refractivity contribution in [3.63, 3.8) is 0 Å². The number of fused-ring (bicyclic) bond motifs is 2. The lowest BCUT2D eigenvalue weighted by molar-refractivity contribution is -0.144. The minimum atomic E-state index is -4.66. The minimum absolute atomic E-state index is 0.0204. The monoisotopic (exact) mass is 374 g/mol. The summed E-state index contributed by atoms with van der Waals surface area (Å²) in [5.41, 5.74) is 4.09. The van der Waals surface area contributed by atoms with Gasteiger partial charge in [-0.15, -0.1) is 0 Å². The van der Waals surface area contributed by atoms with E-state index in [0.717, 1.165) is 5.56 Å². The average Bonchev–Trinajstić information content (AvgIpc) is 3.12. The quantitative estimate of drug-likeness (QED) is 0.549. The second kappa shape index (κ2) is 6.42. The molecular weight excluding hydrogens is 361 g/mol. The van der Waals surface area contributed by atoms with Gasteiger partial charge in [-0.05, 0) is 37.3 Å². The maximum Gasteiger partial charge on any atom is 0.451 e. The summed E-state index contributed by atoms with van der Waals surface area (Å²) in [6.07, 6.45) is -4.66. The van der Waals surface area contributed by atoms with E-state index in [1.807, 2.05) is 0 Å². The first kappa shape index (κ1) is 17.1. The third-order valence-electron chi connectivity index (χ3n) is 3.98. The number of rotatable bonds is 3. The van der Waals surface area contributed by atoms with Gasteiger partial charge >= 0.3 is 6.18 Å². The fourth-order valence-electron chi connectivity index (χ4n) is 2.61. The zero-order valence-corrected chi connectivity index (χ0v) is 14.0. The molecule has 9 heteroatoms. The molecule has 2 aromatic carbocycles. The maximum absolute atomic E-state index is 13.1. The first-order chi connectivity index (χ1) is 12.9. The van der Waals surface area contributed by atoms with Gasteiger partial charge in [0.05, 0.1) is 11.2 Å². The van der Waals surface area contributed by atoms with Crippen molar-refractivity contribution in [3.05, 3.63) is 53.9 Å². The molecule has 3 aromatic rings. The molecule has 0 unspecified atom stereocenters. The molecule has 1 aliphatic rings. The fraction of sp³-hybridized carbons (Fsp3) is 0.167. The minimum Gasteiger partial charge on any atom is -0.454 e. The van der Waals surface area contributed by atoms with E-state index in [9.17, 15) is 13.2 Å². The van der Waals surface area contributed by atoms with E-state index in [1.165, 1.54) is 6.07 Å². The highest BCUT2D eigenvalue weighted by Crippen LogP contribution is 2.33. The molecule has 0 fully saturated rings. The van der Waals surface area contributed by atoms with Crippen LogP contribution in [0.5, 0.6) is 11.5 Å². The van der Waals surface area contributed by atoms with Crippen LogP contribution in [0.4, 0.5) is 19.0 Å². The largest absolute Gasteiger partial charge is 0.454 e. The molecule has 0 atom stereocenters. The molecule has 1 N–H and O–H groups in total. The third-order valence-corrected chi connectivity index (χ3v) is 3.98. The number of para-hydroxylation sites is 1. The van der Waals surface area contributed by atoms with Gasteiger partial charge in [0.2, 0.25) is 12.6 Å². The number of ether oxygens (including phenoxy) is 2. The number of alkyl halides is 3. The Labute approximate surface area is 151 Å². The number of benzene rings is 2. The summed E-state index contributed by atoms with van der Waals surface area (Å²) in [4.78, 5) is 7.17. The zero-order chi connectivity index (χ0) is 19.0. The number of hydrogen-bond donors (Lipinski definition) is 1. The van der Waals surface area contributed by atoms with Crippen LogP contribution >= 0.6 is 0 Å². The number of hydrazone groups is 1. The predicted molar refractivity (Wildman–Crippen MR) is 92.9 cm³/mol. The molecule has 0 saturated heterocycles. The first-order valence-corrected chi connectivity index (χ1v) is 7.96. The first-order valence-electron chi connectivity index (χ1n) is 7.96. The van der Waals surface area contributed by atoms with Crippen molar-refractivity contribution in [1.82, 2.24) is 9.97 Å². The summed E-state index contributed by atoms with van der Waals surface area (Å²) >= 11 is 0. The van der Waals surface area contributed by atoms with E-state index >= 15 is 0 Å². The Morgan fingerprint density at radius 2 is 1.85 bits per heavy atom. The number of nitrogens with zero attached hydrogens (tertiary/aromatic N) is 3. The maximum atomic E-state index is 13.1. The molecule has 0 spiro atoms. The Balaban J connectivity index is 1.69. The van der Waals surface area contributed by atoms with E-state index in [4.69, 9.17) is 9.47 Å². The van der Waals surface area contributed by atoms with Gasteiger partial charge in [0.1, 0.15) is 0 Å².